The number of carbonyl (C=O) groups excluding carboxylic acids is 1. The van der Waals surface area contributed by atoms with Crippen LogP contribution in [-0.4, -0.2) is 5.78 Å². The van der Waals surface area contributed by atoms with Crippen LogP contribution in [0.1, 0.15) is 45.1 Å². The number of allylic oxidation sites excluding steroid dienone is 1. The van der Waals surface area contributed by atoms with Gasteiger partial charge in [-0.15, -0.1) is 0 Å². The van der Waals surface area contributed by atoms with Gasteiger partial charge in [0.25, 0.3) is 0 Å². The molecular weight excluding hydrogens is 276 g/mol. The molecule has 0 aliphatic heterocycles. The van der Waals surface area contributed by atoms with E-state index in [1.165, 1.54) is 0 Å². The number of Topliss-reactive ketones (excluding diaryl/α,β-unsaturated/α-hetero) is 1. The first kappa shape index (κ1) is 14.2. The summed E-state index contributed by atoms with van der Waals surface area (Å²) in [7, 11) is 0. The van der Waals surface area contributed by atoms with Gasteiger partial charge in [-0.3, -0.25) is 4.79 Å². The maximum absolute atomic E-state index is 11.9. The van der Waals surface area contributed by atoms with Crippen LogP contribution in [0.2, 0.25) is 0 Å². The van der Waals surface area contributed by atoms with E-state index in [-0.39, 0.29) is 5.78 Å². The summed E-state index contributed by atoms with van der Waals surface area (Å²) >= 11 is 3.52. The fraction of sp³-hybridized carbons (Fsp3) is 0.400. The van der Waals surface area contributed by atoms with E-state index in [1.807, 2.05) is 37.3 Å². The van der Waals surface area contributed by atoms with E-state index < -0.39 is 0 Å². The van der Waals surface area contributed by atoms with E-state index in [2.05, 4.69) is 22.9 Å². The van der Waals surface area contributed by atoms with Crippen molar-refractivity contribution in [3.05, 3.63) is 41.5 Å². The lowest BCUT2D eigenvalue weighted by molar-refractivity contribution is -0.115. The van der Waals surface area contributed by atoms with E-state index in [4.69, 9.17) is 0 Å². The summed E-state index contributed by atoms with van der Waals surface area (Å²) in [6.45, 7) is 4.04. The molecule has 0 saturated heterocycles. The largest absolute Gasteiger partial charge is 0.295 e. The van der Waals surface area contributed by atoms with E-state index >= 15 is 0 Å². The van der Waals surface area contributed by atoms with E-state index in [0.29, 0.717) is 6.42 Å². The highest BCUT2D eigenvalue weighted by atomic mass is 79.9. The Kier molecular flexibility index (Phi) is 6.20. The second-order valence-corrected chi connectivity index (χ2v) is 4.98. The van der Waals surface area contributed by atoms with Crippen LogP contribution in [0.4, 0.5) is 0 Å². The Morgan fingerprint density at radius 1 is 1.18 bits per heavy atom. The fourth-order valence-corrected chi connectivity index (χ4v) is 2.13. The molecule has 0 spiro atoms. The highest BCUT2D eigenvalue weighted by Gasteiger charge is 2.09. The van der Waals surface area contributed by atoms with Crippen molar-refractivity contribution < 1.29 is 4.79 Å². The van der Waals surface area contributed by atoms with Crippen molar-refractivity contribution in [3.8, 4) is 0 Å². The first-order valence-electron chi connectivity index (χ1n) is 6.11. The van der Waals surface area contributed by atoms with Gasteiger partial charge < -0.3 is 0 Å². The Morgan fingerprint density at radius 2 is 1.82 bits per heavy atom. The average molecular weight is 295 g/mol. The van der Waals surface area contributed by atoms with Gasteiger partial charge >= 0.3 is 0 Å². The minimum absolute atomic E-state index is 0.245. The van der Waals surface area contributed by atoms with E-state index in [9.17, 15) is 4.79 Å². The number of unbranched alkanes of at least 4 members (excludes halogenated alkanes) is 2. The smallest absolute Gasteiger partial charge is 0.159 e. The van der Waals surface area contributed by atoms with Crippen molar-refractivity contribution in [1.82, 2.24) is 0 Å². The van der Waals surface area contributed by atoms with Crippen LogP contribution in [-0.2, 0) is 4.79 Å². The number of carbonyl (C=O) groups is 1. The predicted molar refractivity (Wildman–Crippen MR) is 77.1 cm³/mol. The van der Waals surface area contributed by atoms with Gasteiger partial charge in [0.05, 0.1) is 0 Å². The summed E-state index contributed by atoms with van der Waals surface area (Å²) in [6.07, 6.45) is 3.92. The number of hydrogen-bond donors (Lipinski definition) is 0. The first-order valence-corrected chi connectivity index (χ1v) is 6.91. The van der Waals surface area contributed by atoms with Crippen molar-refractivity contribution >= 4 is 26.2 Å². The van der Waals surface area contributed by atoms with Crippen molar-refractivity contribution in [2.24, 2.45) is 0 Å². The lowest BCUT2D eigenvalue weighted by Gasteiger charge is -2.05. The normalized spacial score (nSPS) is 12.2. The Morgan fingerprint density at radius 3 is 2.41 bits per heavy atom. The molecule has 1 aromatic rings. The monoisotopic (exact) mass is 294 g/mol. The maximum atomic E-state index is 11.9. The van der Waals surface area contributed by atoms with Crippen LogP contribution in [0.25, 0.3) is 4.48 Å². The SMILES string of the molecule is CCCCCC(=O)/C(C)=C(\Br)c1ccccc1. The predicted octanol–water partition coefficient (Wildman–Crippen LogP) is 4.96. The zero-order valence-corrected chi connectivity index (χ0v) is 12.1. The number of rotatable bonds is 6. The summed E-state index contributed by atoms with van der Waals surface area (Å²) in [4.78, 5) is 11.9. The van der Waals surface area contributed by atoms with Gasteiger partial charge in [-0.1, -0.05) is 50.1 Å². The molecule has 0 aromatic heterocycles. The lowest BCUT2D eigenvalue weighted by atomic mass is 10.0. The van der Waals surface area contributed by atoms with Crippen LogP contribution in [0.5, 0.6) is 0 Å². The molecule has 0 amide bonds. The fourth-order valence-electron chi connectivity index (χ4n) is 1.65. The van der Waals surface area contributed by atoms with Gasteiger partial charge in [0.2, 0.25) is 0 Å². The molecule has 1 nitrogen and oxygen atoms in total. The second-order valence-electron chi connectivity index (χ2n) is 4.19. The summed E-state index contributed by atoms with van der Waals surface area (Å²) < 4.78 is 0.916. The highest BCUT2D eigenvalue weighted by molar-refractivity contribution is 9.15. The average Bonchev–Trinajstić information content (AvgIpc) is 2.38. The minimum atomic E-state index is 0.245. The number of benzene rings is 1. The van der Waals surface area contributed by atoms with Crippen molar-refractivity contribution in [2.45, 2.75) is 39.5 Å². The maximum Gasteiger partial charge on any atom is 0.159 e. The molecule has 2 heteroatoms. The number of halogens is 1. The zero-order valence-electron chi connectivity index (χ0n) is 10.5. The van der Waals surface area contributed by atoms with E-state index in [1.54, 1.807) is 0 Å². The molecule has 1 aromatic carbocycles. The van der Waals surface area contributed by atoms with Gasteiger partial charge in [0.1, 0.15) is 0 Å². The Hall–Kier alpha value is -0.890. The molecule has 0 aliphatic rings. The molecule has 0 saturated carbocycles. The van der Waals surface area contributed by atoms with Gasteiger partial charge in [-0.25, -0.2) is 0 Å². The standard InChI is InChI=1S/C15H19BrO/c1-3-4-6-11-14(17)12(2)15(16)13-9-7-5-8-10-13/h5,7-10H,3-4,6,11H2,1-2H3/b15-12-. The molecular formula is C15H19BrO. The van der Waals surface area contributed by atoms with Crippen molar-refractivity contribution in [3.63, 3.8) is 0 Å². The molecule has 0 heterocycles. The summed E-state index contributed by atoms with van der Waals surface area (Å²) in [5, 5.41) is 0. The third-order valence-corrected chi connectivity index (χ3v) is 3.83. The molecule has 1 rings (SSSR count). The molecule has 0 radical (unpaired) electrons. The molecule has 0 bridgehead atoms. The molecule has 17 heavy (non-hydrogen) atoms. The second kappa shape index (κ2) is 7.44. The van der Waals surface area contributed by atoms with Crippen LogP contribution in [0, 0.1) is 0 Å². The molecule has 92 valence electrons. The Balaban J connectivity index is 2.72. The number of hydrogen-bond acceptors (Lipinski definition) is 1. The van der Waals surface area contributed by atoms with Gasteiger partial charge in [0, 0.05) is 16.5 Å². The van der Waals surface area contributed by atoms with Crippen molar-refractivity contribution in [1.29, 1.82) is 0 Å². The lowest BCUT2D eigenvalue weighted by Crippen LogP contribution is -2.00. The Labute approximate surface area is 112 Å². The van der Waals surface area contributed by atoms with Crippen LogP contribution >= 0.6 is 15.9 Å². The Bertz CT molecular complexity index is 393. The highest BCUT2D eigenvalue weighted by Crippen LogP contribution is 2.26. The first-order chi connectivity index (χ1) is 8.16. The van der Waals surface area contributed by atoms with Crippen LogP contribution in [0.3, 0.4) is 0 Å². The van der Waals surface area contributed by atoms with Crippen LogP contribution < -0.4 is 0 Å². The topological polar surface area (TPSA) is 17.1 Å². The summed E-state index contributed by atoms with van der Waals surface area (Å²) in [5.74, 6) is 0.245. The molecule has 0 unspecified atom stereocenters. The third kappa shape index (κ3) is 4.47. The van der Waals surface area contributed by atoms with Gasteiger partial charge in [-0.2, -0.15) is 0 Å². The van der Waals surface area contributed by atoms with E-state index in [0.717, 1.165) is 34.9 Å². The summed E-state index contributed by atoms with van der Waals surface area (Å²) in [6, 6.07) is 9.94. The van der Waals surface area contributed by atoms with Crippen LogP contribution in [0.15, 0.2) is 35.9 Å². The van der Waals surface area contributed by atoms with Crippen molar-refractivity contribution in [2.75, 3.05) is 0 Å². The summed E-state index contributed by atoms with van der Waals surface area (Å²) in [5.41, 5.74) is 1.89. The number of ketones is 1. The molecule has 0 N–H and O–H groups in total. The van der Waals surface area contributed by atoms with Gasteiger partial charge in [0.15, 0.2) is 5.78 Å². The molecule has 0 fully saturated rings. The van der Waals surface area contributed by atoms with Gasteiger partial charge in [-0.05, 0) is 34.8 Å². The quantitative estimate of drug-likeness (QED) is 0.535. The molecule has 0 aliphatic carbocycles. The zero-order chi connectivity index (χ0) is 12.7. The minimum Gasteiger partial charge on any atom is -0.295 e. The third-order valence-electron chi connectivity index (χ3n) is 2.78. The molecule has 0 atom stereocenters.